The van der Waals surface area contributed by atoms with Crippen molar-refractivity contribution >= 4 is 57.9 Å². The summed E-state index contributed by atoms with van der Waals surface area (Å²) in [6, 6.07) is 22.2. The molecular formula is C42H46ClNO16S. The predicted molar refractivity (Wildman–Crippen MR) is 213 cm³/mol. The van der Waals surface area contributed by atoms with Gasteiger partial charge in [-0.3, -0.25) is 28.2 Å². The summed E-state index contributed by atoms with van der Waals surface area (Å²) < 4.78 is 75.1. The van der Waals surface area contributed by atoms with Crippen LogP contribution in [-0.2, 0) is 88.7 Å². The van der Waals surface area contributed by atoms with Gasteiger partial charge in [-0.15, -0.1) is 0 Å². The average molecular weight is 888 g/mol. The molecule has 3 aromatic carbocycles. The highest BCUT2D eigenvalue weighted by Gasteiger charge is 2.58. The lowest BCUT2D eigenvalue weighted by atomic mass is 9.95. The van der Waals surface area contributed by atoms with Gasteiger partial charge in [-0.1, -0.05) is 66.2 Å². The summed E-state index contributed by atoms with van der Waals surface area (Å²) in [5.41, 5.74) is 1.50. The molecule has 19 heteroatoms. The maximum atomic E-state index is 14.0. The molecule has 0 aromatic heterocycles. The number of carbonyl (C=O) groups excluding carboxylic acids is 5. The van der Waals surface area contributed by atoms with Gasteiger partial charge in [0.25, 0.3) is 0 Å². The van der Waals surface area contributed by atoms with Crippen LogP contribution in [0.25, 0.3) is 0 Å². The Morgan fingerprint density at radius 2 is 1.30 bits per heavy atom. The third-order valence-corrected chi connectivity index (χ3v) is 11.3. The fraction of sp³-hybridized carbons (Fsp3) is 0.452. The van der Waals surface area contributed by atoms with Gasteiger partial charge in [0.1, 0.15) is 24.4 Å². The Morgan fingerprint density at radius 3 is 1.92 bits per heavy atom. The number of nitrogens with one attached hydrogen (secondary N) is 1. The smallest absolute Gasteiger partial charge is 0.303 e. The zero-order valence-corrected chi connectivity index (χ0v) is 35.4. The first-order valence-corrected chi connectivity index (χ1v) is 20.9. The highest BCUT2D eigenvalue weighted by atomic mass is 35.5. The molecule has 0 saturated carbocycles. The van der Waals surface area contributed by atoms with Gasteiger partial charge in [-0.25, -0.2) is 0 Å². The Kier molecular flexibility index (Phi) is 15.6. The Balaban J connectivity index is 1.37. The monoisotopic (exact) mass is 887 g/mol. The molecule has 3 saturated heterocycles. The molecule has 1 N–H and O–H groups in total. The molecule has 3 aliphatic rings. The van der Waals surface area contributed by atoms with E-state index in [2.05, 4.69) is 5.32 Å². The minimum absolute atomic E-state index is 0.0923. The fourth-order valence-electron chi connectivity index (χ4n) is 7.13. The molecule has 328 valence electrons. The minimum Gasteiger partial charge on any atom is -0.455 e. The van der Waals surface area contributed by atoms with Crippen LogP contribution in [0.15, 0.2) is 83.8 Å². The summed E-state index contributed by atoms with van der Waals surface area (Å²) in [4.78, 5) is 63.2. The van der Waals surface area contributed by atoms with Crippen molar-refractivity contribution in [2.24, 2.45) is 0 Å². The van der Waals surface area contributed by atoms with Crippen LogP contribution >= 0.6 is 11.6 Å². The van der Waals surface area contributed by atoms with Crippen LogP contribution in [0.2, 0.25) is 5.02 Å². The Bertz CT molecular complexity index is 2060. The number of anilines is 1. The number of fused-ring (bicyclic) bond motifs is 1. The molecule has 3 aromatic rings. The average Bonchev–Trinajstić information content (AvgIpc) is 3.21. The van der Waals surface area contributed by atoms with Crippen LogP contribution in [0, 0.1) is 0 Å². The van der Waals surface area contributed by atoms with Crippen LogP contribution in [0.4, 0.5) is 5.69 Å². The highest BCUT2D eigenvalue weighted by Crippen LogP contribution is 2.39. The van der Waals surface area contributed by atoms with Crippen LogP contribution in [0.3, 0.4) is 0 Å². The van der Waals surface area contributed by atoms with E-state index in [1.54, 1.807) is 72.8 Å². The predicted octanol–water partition coefficient (Wildman–Crippen LogP) is 4.30. The van der Waals surface area contributed by atoms with Gasteiger partial charge in [0.05, 0.1) is 40.5 Å². The number of ether oxygens (including phenoxy) is 10. The molecule has 0 spiro atoms. The lowest BCUT2D eigenvalue weighted by Gasteiger charge is -2.50. The minimum atomic E-state index is -1.78. The number of carbonyl (C=O) groups is 5. The van der Waals surface area contributed by atoms with E-state index in [4.69, 9.17) is 59.0 Å². The SMILES string of the molecule is CC(=O)Nc1cc(CO[C@@H]2O[C@H](CS(=O)c3ccccc3)[C@@H](O[C@H]3O[C@@H]4COC(c5ccccc5)O[C@H]4[C@H](OC(C)=O)[C@H]3OC(C)=O)[C@H](OC(C)=O)[C@H]2OC(C)=O)ccc1Cl. The van der Waals surface area contributed by atoms with Gasteiger partial charge < -0.3 is 52.7 Å². The quantitative estimate of drug-likeness (QED) is 0.177. The van der Waals surface area contributed by atoms with Crippen molar-refractivity contribution in [3.05, 3.63) is 95.0 Å². The van der Waals surface area contributed by atoms with Crippen LogP contribution < -0.4 is 5.32 Å². The molecule has 3 heterocycles. The van der Waals surface area contributed by atoms with Crippen molar-refractivity contribution < 1.29 is 75.6 Å². The fourth-order valence-corrected chi connectivity index (χ4v) is 8.52. The van der Waals surface area contributed by atoms with Crippen molar-refractivity contribution in [2.75, 3.05) is 17.7 Å². The number of benzene rings is 3. The molecule has 0 radical (unpaired) electrons. The maximum absolute atomic E-state index is 14.0. The normalized spacial score (nSPS) is 28.9. The number of amides is 1. The molecule has 1 amide bonds. The zero-order valence-electron chi connectivity index (χ0n) is 33.8. The van der Waals surface area contributed by atoms with E-state index in [0.29, 0.717) is 21.7 Å². The zero-order chi connectivity index (χ0) is 43.8. The summed E-state index contributed by atoms with van der Waals surface area (Å²) in [6.07, 6.45) is -14.6. The molecule has 0 aliphatic carbocycles. The topological polar surface area (TPSA) is 207 Å². The molecule has 6 rings (SSSR count). The van der Waals surface area contributed by atoms with Crippen LogP contribution in [0.1, 0.15) is 52.0 Å². The first kappa shape index (κ1) is 45.7. The summed E-state index contributed by atoms with van der Waals surface area (Å²) >= 11 is 6.29. The van der Waals surface area contributed by atoms with Crippen LogP contribution in [-0.4, -0.2) is 108 Å². The van der Waals surface area contributed by atoms with Crippen LogP contribution in [0.5, 0.6) is 0 Å². The van der Waals surface area contributed by atoms with Gasteiger partial charge >= 0.3 is 23.9 Å². The van der Waals surface area contributed by atoms with E-state index < -0.39 is 102 Å². The van der Waals surface area contributed by atoms with Crippen molar-refractivity contribution in [3.63, 3.8) is 0 Å². The first-order valence-electron chi connectivity index (χ1n) is 19.2. The number of halogens is 1. The second-order valence-electron chi connectivity index (χ2n) is 14.3. The number of hydrogen-bond acceptors (Lipinski definition) is 16. The van der Waals surface area contributed by atoms with Crippen molar-refractivity contribution in [3.8, 4) is 0 Å². The van der Waals surface area contributed by atoms with Gasteiger partial charge in [-0.05, 0) is 29.8 Å². The largest absolute Gasteiger partial charge is 0.455 e. The summed E-state index contributed by atoms with van der Waals surface area (Å²) in [7, 11) is -1.78. The Hall–Kier alpha value is -4.79. The maximum Gasteiger partial charge on any atom is 0.303 e. The number of hydrogen-bond donors (Lipinski definition) is 1. The molecular weight excluding hydrogens is 842 g/mol. The van der Waals surface area contributed by atoms with Gasteiger partial charge in [0.2, 0.25) is 5.91 Å². The van der Waals surface area contributed by atoms with E-state index in [9.17, 15) is 28.2 Å². The summed E-state index contributed by atoms with van der Waals surface area (Å²) in [5.74, 6) is -3.81. The lowest BCUT2D eigenvalue weighted by molar-refractivity contribution is -0.384. The van der Waals surface area contributed by atoms with E-state index >= 15 is 0 Å². The molecule has 17 nitrogen and oxygen atoms in total. The van der Waals surface area contributed by atoms with Gasteiger partial charge in [-0.2, -0.15) is 0 Å². The summed E-state index contributed by atoms with van der Waals surface area (Å²) in [5, 5.41) is 2.91. The highest BCUT2D eigenvalue weighted by molar-refractivity contribution is 7.85. The van der Waals surface area contributed by atoms with E-state index in [-0.39, 0.29) is 29.9 Å². The molecule has 61 heavy (non-hydrogen) atoms. The van der Waals surface area contributed by atoms with Crippen molar-refractivity contribution in [1.82, 2.24) is 0 Å². The van der Waals surface area contributed by atoms with Gasteiger partial charge in [0.15, 0.2) is 43.3 Å². The van der Waals surface area contributed by atoms with Crippen molar-refractivity contribution in [1.29, 1.82) is 0 Å². The second-order valence-corrected chi connectivity index (χ2v) is 16.2. The number of esters is 4. The Morgan fingerprint density at radius 1 is 0.705 bits per heavy atom. The molecule has 3 aliphatic heterocycles. The lowest BCUT2D eigenvalue weighted by Crippen LogP contribution is -2.67. The van der Waals surface area contributed by atoms with Gasteiger partial charge in [0, 0.05) is 45.1 Å². The first-order chi connectivity index (χ1) is 29.2. The third-order valence-electron chi connectivity index (χ3n) is 9.52. The van der Waals surface area contributed by atoms with Crippen molar-refractivity contribution in [2.45, 2.75) is 114 Å². The second kappa shape index (κ2) is 20.9. The van der Waals surface area contributed by atoms with E-state index in [1.165, 1.54) is 13.8 Å². The molecule has 3 fully saturated rings. The molecule has 12 atom stereocenters. The van der Waals surface area contributed by atoms with E-state index in [1.807, 2.05) is 6.07 Å². The summed E-state index contributed by atoms with van der Waals surface area (Å²) in [6.45, 7) is 5.61. The standard InChI is InChI=1S/C42H46ClNO16S/c1-22(45)44-31-18-27(16-17-30(31)43)19-51-41-38(55-25(4)48)37(54-24(3)47)35(33(58-41)21-61(50)29-14-10-7-11-15-29)60-42-39(56-26(5)49)36(53-23(2)46)34-32(57-42)20-52-40(59-34)28-12-8-6-9-13-28/h6-18,32-42H,19-21H2,1-5H3,(H,44,45)/t32-,33-,34-,35-,36+,37+,38-,39-,40?,41-,42-,61?/m1/s1. The molecule has 0 bridgehead atoms. The van der Waals surface area contributed by atoms with E-state index in [0.717, 1.165) is 20.8 Å². The third kappa shape index (κ3) is 12.0. The number of rotatable bonds is 14. The molecule has 2 unspecified atom stereocenters. The Labute approximate surface area is 358 Å².